The fourth-order valence-corrected chi connectivity index (χ4v) is 2.82. The van der Waals surface area contributed by atoms with Gasteiger partial charge in [-0.05, 0) is 16.7 Å². The highest BCUT2D eigenvalue weighted by Crippen LogP contribution is 2.26. The number of azide groups is 1. The highest BCUT2D eigenvalue weighted by Gasteiger charge is 2.42. The number of benzene rings is 2. The molecule has 0 aromatic heterocycles. The van der Waals surface area contributed by atoms with Gasteiger partial charge in [0.25, 0.3) is 0 Å². The van der Waals surface area contributed by atoms with Gasteiger partial charge in [-0.3, -0.25) is 0 Å². The van der Waals surface area contributed by atoms with Crippen LogP contribution < -0.4 is 0 Å². The fourth-order valence-electron chi connectivity index (χ4n) is 2.82. The van der Waals surface area contributed by atoms with E-state index in [0.717, 1.165) is 11.1 Å². The molecule has 3 rings (SSSR count). The SMILES string of the molecule is [N-]=[N+]=N[C@H]1CO[C@H](F)[C@H](OCc2ccccc2)[C@H]1OCc1ccccc1. The van der Waals surface area contributed by atoms with E-state index in [4.69, 9.17) is 19.7 Å². The van der Waals surface area contributed by atoms with Crippen molar-refractivity contribution in [3.63, 3.8) is 0 Å². The maximum absolute atomic E-state index is 14.4. The molecule has 1 saturated heterocycles. The molecule has 2 aromatic rings. The summed E-state index contributed by atoms with van der Waals surface area (Å²) < 4.78 is 31.1. The Morgan fingerprint density at radius 3 is 2.04 bits per heavy atom. The molecular formula is C19H20FN3O3. The summed E-state index contributed by atoms with van der Waals surface area (Å²) in [6, 6.07) is 18.3. The molecule has 0 spiro atoms. The number of ether oxygens (including phenoxy) is 3. The molecule has 0 N–H and O–H groups in total. The third-order valence-corrected chi connectivity index (χ3v) is 4.16. The second-order valence-corrected chi connectivity index (χ2v) is 5.98. The Labute approximate surface area is 151 Å². The first kappa shape index (κ1) is 18.4. The summed E-state index contributed by atoms with van der Waals surface area (Å²) in [4.78, 5) is 2.83. The first-order chi connectivity index (χ1) is 12.8. The smallest absolute Gasteiger partial charge is 0.227 e. The molecule has 0 saturated carbocycles. The highest BCUT2D eigenvalue weighted by molar-refractivity contribution is 5.14. The molecule has 2 aromatic carbocycles. The number of nitrogens with zero attached hydrogens (tertiary/aromatic N) is 3. The van der Waals surface area contributed by atoms with Gasteiger partial charge in [0.05, 0.1) is 25.9 Å². The summed E-state index contributed by atoms with van der Waals surface area (Å²) >= 11 is 0. The van der Waals surface area contributed by atoms with Crippen LogP contribution in [-0.2, 0) is 27.4 Å². The molecule has 4 atom stereocenters. The zero-order valence-electron chi connectivity index (χ0n) is 14.1. The molecule has 0 unspecified atom stereocenters. The zero-order valence-corrected chi connectivity index (χ0v) is 14.1. The van der Waals surface area contributed by atoms with Crippen molar-refractivity contribution in [3.05, 3.63) is 82.2 Å². The van der Waals surface area contributed by atoms with Gasteiger partial charge in [0, 0.05) is 4.91 Å². The second-order valence-electron chi connectivity index (χ2n) is 5.98. The van der Waals surface area contributed by atoms with Crippen LogP contribution in [0.25, 0.3) is 10.4 Å². The average molecular weight is 357 g/mol. The van der Waals surface area contributed by atoms with Crippen LogP contribution in [0.4, 0.5) is 4.39 Å². The van der Waals surface area contributed by atoms with Gasteiger partial charge >= 0.3 is 0 Å². The van der Waals surface area contributed by atoms with Crippen molar-refractivity contribution < 1.29 is 18.6 Å². The van der Waals surface area contributed by atoms with Crippen LogP contribution in [0.3, 0.4) is 0 Å². The molecule has 7 heteroatoms. The Morgan fingerprint density at radius 1 is 0.962 bits per heavy atom. The number of rotatable bonds is 7. The summed E-state index contributed by atoms with van der Waals surface area (Å²) in [6.07, 6.45) is -3.37. The lowest BCUT2D eigenvalue weighted by molar-refractivity contribution is -0.228. The van der Waals surface area contributed by atoms with Crippen molar-refractivity contribution in [2.75, 3.05) is 6.61 Å². The van der Waals surface area contributed by atoms with Crippen molar-refractivity contribution >= 4 is 0 Å². The van der Waals surface area contributed by atoms with Gasteiger partial charge in [-0.25, -0.2) is 4.39 Å². The normalized spacial score (nSPS) is 25.4. The van der Waals surface area contributed by atoms with E-state index in [2.05, 4.69) is 10.0 Å². The second kappa shape index (κ2) is 9.31. The predicted octanol–water partition coefficient (Wildman–Crippen LogP) is 4.16. The van der Waals surface area contributed by atoms with E-state index in [9.17, 15) is 4.39 Å². The van der Waals surface area contributed by atoms with Crippen molar-refractivity contribution in [1.82, 2.24) is 0 Å². The van der Waals surface area contributed by atoms with Crippen LogP contribution in [0.1, 0.15) is 11.1 Å². The molecular weight excluding hydrogens is 337 g/mol. The van der Waals surface area contributed by atoms with Crippen LogP contribution in [0.15, 0.2) is 65.8 Å². The zero-order chi connectivity index (χ0) is 18.2. The van der Waals surface area contributed by atoms with E-state index < -0.39 is 24.6 Å². The summed E-state index contributed by atoms with van der Waals surface area (Å²) in [7, 11) is 0. The topological polar surface area (TPSA) is 76.5 Å². The molecule has 0 aliphatic carbocycles. The van der Waals surface area contributed by atoms with E-state index in [0.29, 0.717) is 0 Å². The molecule has 26 heavy (non-hydrogen) atoms. The van der Waals surface area contributed by atoms with Gasteiger partial charge < -0.3 is 14.2 Å². The third kappa shape index (κ3) is 4.80. The molecule has 0 amide bonds. The number of hydrogen-bond acceptors (Lipinski definition) is 4. The van der Waals surface area contributed by atoms with E-state index >= 15 is 0 Å². The highest BCUT2D eigenvalue weighted by atomic mass is 19.1. The van der Waals surface area contributed by atoms with E-state index in [1.165, 1.54) is 0 Å². The monoisotopic (exact) mass is 357 g/mol. The van der Waals surface area contributed by atoms with E-state index in [1.54, 1.807) is 0 Å². The molecule has 1 heterocycles. The van der Waals surface area contributed by atoms with Crippen LogP contribution >= 0.6 is 0 Å². The average Bonchev–Trinajstić information content (AvgIpc) is 2.69. The molecule has 6 nitrogen and oxygen atoms in total. The summed E-state index contributed by atoms with van der Waals surface area (Å²) in [5.41, 5.74) is 10.6. The van der Waals surface area contributed by atoms with Crippen molar-refractivity contribution in [1.29, 1.82) is 0 Å². The van der Waals surface area contributed by atoms with Crippen LogP contribution in [0.5, 0.6) is 0 Å². The summed E-state index contributed by atoms with van der Waals surface area (Å²) in [5.74, 6) is 0. The minimum absolute atomic E-state index is 0.0458. The maximum Gasteiger partial charge on any atom is 0.227 e. The third-order valence-electron chi connectivity index (χ3n) is 4.16. The Balaban J connectivity index is 1.71. The Kier molecular flexibility index (Phi) is 6.57. The van der Waals surface area contributed by atoms with Gasteiger partial charge in [-0.2, -0.15) is 0 Å². The lowest BCUT2D eigenvalue weighted by atomic mass is 10.0. The lowest BCUT2D eigenvalue weighted by Gasteiger charge is -2.37. The summed E-state index contributed by atoms with van der Waals surface area (Å²) in [5, 5.41) is 3.70. The number of hydrogen-bond donors (Lipinski definition) is 0. The predicted molar refractivity (Wildman–Crippen MR) is 93.8 cm³/mol. The first-order valence-corrected chi connectivity index (χ1v) is 8.39. The van der Waals surface area contributed by atoms with E-state index in [-0.39, 0.29) is 19.8 Å². The van der Waals surface area contributed by atoms with Crippen molar-refractivity contribution in [2.45, 2.75) is 37.8 Å². The van der Waals surface area contributed by atoms with Crippen molar-refractivity contribution in [2.24, 2.45) is 5.11 Å². The van der Waals surface area contributed by atoms with Crippen LogP contribution in [-0.4, -0.2) is 31.2 Å². The van der Waals surface area contributed by atoms with Crippen LogP contribution in [0.2, 0.25) is 0 Å². The first-order valence-electron chi connectivity index (χ1n) is 8.39. The van der Waals surface area contributed by atoms with Gasteiger partial charge in [0.1, 0.15) is 12.2 Å². The quantitative estimate of drug-likeness (QED) is 0.424. The molecule has 0 bridgehead atoms. The number of alkyl halides is 1. The molecule has 1 aliphatic rings. The van der Waals surface area contributed by atoms with Crippen molar-refractivity contribution in [3.8, 4) is 0 Å². The van der Waals surface area contributed by atoms with Gasteiger partial charge in [-0.1, -0.05) is 65.8 Å². The molecule has 136 valence electrons. The van der Waals surface area contributed by atoms with Gasteiger partial charge in [0.15, 0.2) is 0 Å². The van der Waals surface area contributed by atoms with Gasteiger partial charge in [0.2, 0.25) is 6.36 Å². The summed E-state index contributed by atoms with van der Waals surface area (Å²) in [6.45, 7) is 0.431. The van der Waals surface area contributed by atoms with Gasteiger partial charge in [-0.15, -0.1) is 0 Å². The minimum Gasteiger partial charge on any atom is -0.370 e. The lowest BCUT2D eigenvalue weighted by Crippen LogP contribution is -2.53. The standard InChI is InChI=1S/C19H20FN3O3/c20-19-18(25-12-15-9-5-2-6-10-15)17(16(13-26-19)22-23-21)24-11-14-7-3-1-4-8-14/h1-10,16-19H,11-13H2/t16-,17-,18+,19-/m0/s1. The Hall–Kier alpha value is -2.44. The maximum atomic E-state index is 14.4. The number of halogens is 1. The molecule has 1 fully saturated rings. The Morgan fingerprint density at radius 2 is 1.50 bits per heavy atom. The fraction of sp³-hybridized carbons (Fsp3) is 0.368. The minimum atomic E-state index is -1.65. The molecule has 1 aliphatic heterocycles. The molecule has 0 radical (unpaired) electrons. The Bertz CT molecular complexity index is 725. The van der Waals surface area contributed by atoms with Crippen LogP contribution in [0, 0.1) is 0 Å². The van der Waals surface area contributed by atoms with E-state index in [1.807, 2.05) is 60.7 Å². The largest absolute Gasteiger partial charge is 0.370 e.